The van der Waals surface area contributed by atoms with Gasteiger partial charge in [-0.1, -0.05) is 20.8 Å². The smallest absolute Gasteiger partial charge is 0.305 e. The molecule has 4 aliphatic carbocycles. The van der Waals surface area contributed by atoms with Gasteiger partial charge in [-0.3, -0.25) is 4.79 Å². The second-order valence-electron chi connectivity index (χ2n) is 11.6. The number of methoxy groups -OCH3 is 1. The minimum Gasteiger partial charge on any atom is -0.469 e. The minimum absolute atomic E-state index is 0.111. The number of rotatable bonds is 4. The van der Waals surface area contributed by atoms with Crippen molar-refractivity contribution in [1.82, 2.24) is 0 Å². The molecule has 0 aromatic heterocycles. The van der Waals surface area contributed by atoms with Crippen molar-refractivity contribution in [2.75, 3.05) is 7.11 Å². The van der Waals surface area contributed by atoms with E-state index in [-0.39, 0.29) is 41.0 Å². The SMILES string of the molecule is COC(=O)CC[C@@H](C)[C@@H]1CC[C@@H]2[C@H]3[C@H](O)C[C@H]4C[C@@H](O)CC[C@]4(C)[C@@H]3C[C@@H](O)[C@]21C. The lowest BCUT2D eigenvalue weighted by Crippen LogP contribution is -2.62. The van der Waals surface area contributed by atoms with Gasteiger partial charge < -0.3 is 20.1 Å². The molecule has 11 atom stereocenters. The first-order valence-corrected chi connectivity index (χ1v) is 12.2. The zero-order valence-electron chi connectivity index (χ0n) is 19.2. The van der Waals surface area contributed by atoms with E-state index in [0.717, 1.165) is 51.4 Å². The molecule has 4 fully saturated rings. The van der Waals surface area contributed by atoms with Crippen LogP contribution in [0.1, 0.15) is 78.6 Å². The summed E-state index contributed by atoms with van der Waals surface area (Å²) in [6.07, 6.45) is 6.60. The second kappa shape index (κ2) is 8.04. The standard InChI is InChI=1S/C25H42O5/c1-14(5-8-22(29)30-4)17-6-7-18-23-19(13-21(28)25(17,18)3)24(2)10-9-16(26)11-15(24)12-20(23)27/h14-21,23,26-28H,5-13H2,1-4H3/t14-,15-,16+,17+,18-,19-,20-,21-,23-,24+,25+/m1/s1. The Hall–Kier alpha value is -0.650. The van der Waals surface area contributed by atoms with Crippen LogP contribution in [0.25, 0.3) is 0 Å². The summed E-state index contributed by atoms with van der Waals surface area (Å²) in [5.41, 5.74) is -0.0882. The van der Waals surface area contributed by atoms with Crippen molar-refractivity contribution in [3.05, 3.63) is 0 Å². The Bertz CT molecular complexity index is 651. The van der Waals surface area contributed by atoms with E-state index in [2.05, 4.69) is 20.8 Å². The maximum Gasteiger partial charge on any atom is 0.305 e. The number of aliphatic hydroxyl groups is 3. The summed E-state index contributed by atoms with van der Waals surface area (Å²) in [5.74, 6) is 1.81. The topological polar surface area (TPSA) is 87.0 Å². The molecule has 0 bridgehead atoms. The number of carbonyl (C=O) groups is 1. The van der Waals surface area contributed by atoms with Crippen molar-refractivity contribution in [2.45, 2.75) is 96.9 Å². The lowest BCUT2D eigenvalue weighted by atomic mass is 9.43. The highest BCUT2D eigenvalue weighted by Gasteiger charge is 2.65. The van der Waals surface area contributed by atoms with Crippen LogP contribution in [0.4, 0.5) is 0 Å². The molecule has 0 unspecified atom stereocenters. The van der Waals surface area contributed by atoms with E-state index in [1.807, 2.05) is 0 Å². The molecule has 0 aromatic carbocycles. The molecule has 0 heterocycles. The second-order valence-corrected chi connectivity index (χ2v) is 11.6. The Kier molecular flexibility index (Phi) is 6.04. The first-order chi connectivity index (χ1) is 14.1. The van der Waals surface area contributed by atoms with Gasteiger partial charge >= 0.3 is 5.97 Å². The van der Waals surface area contributed by atoms with Gasteiger partial charge in [-0.15, -0.1) is 0 Å². The van der Waals surface area contributed by atoms with E-state index in [9.17, 15) is 20.1 Å². The van der Waals surface area contributed by atoms with Crippen molar-refractivity contribution in [3.8, 4) is 0 Å². The van der Waals surface area contributed by atoms with Gasteiger partial charge in [-0.05, 0) is 97.7 Å². The Morgan fingerprint density at radius 1 is 1.07 bits per heavy atom. The fourth-order valence-corrected chi connectivity index (χ4v) is 8.78. The van der Waals surface area contributed by atoms with Gasteiger partial charge in [0.2, 0.25) is 0 Å². The zero-order chi connectivity index (χ0) is 21.8. The van der Waals surface area contributed by atoms with E-state index in [1.165, 1.54) is 7.11 Å². The molecular weight excluding hydrogens is 380 g/mol. The molecular formula is C25H42O5. The van der Waals surface area contributed by atoms with Gasteiger partial charge in [-0.25, -0.2) is 0 Å². The summed E-state index contributed by atoms with van der Waals surface area (Å²) >= 11 is 0. The van der Waals surface area contributed by atoms with Crippen LogP contribution >= 0.6 is 0 Å². The molecule has 4 rings (SSSR count). The Balaban J connectivity index is 1.58. The third kappa shape index (κ3) is 3.34. The maximum atomic E-state index is 11.7. The highest BCUT2D eigenvalue weighted by Crippen LogP contribution is 2.68. The largest absolute Gasteiger partial charge is 0.469 e. The number of hydrogen-bond acceptors (Lipinski definition) is 5. The van der Waals surface area contributed by atoms with Gasteiger partial charge in [0.15, 0.2) is 0 Å². The van der Waals surface area contributed by atoms with Crippen LogP contribution in [0.5, 0.6) is 0 Å². The number of ether oxygens (including phenoxy) is 1. The predicted octanol–water partition coefficient (Wildman–Crippen LogP) is 3.54. The molecule has 0 aliphatic heterocycles. The Labute approximate surface area is 181 Å². The van der Waals surface area contributed by atoms with Crippen LogP contribution in [0.3, 0.4) is 0 Å². The molecule has 0 spiro atoms. The van der Waals surface area contributed by atoms with Crippen molar-refractivity contribution < 1.29 is 24.9 Å². The van der Waals surface area contributed by atoms with E-state index < -0.39 is 0 Å². The van der Waals surface area contributed by atoms with Gasteiger partial charge in [0, 0.05) is 6.42 Å². The Morgan fingerprint density at radius 2 is 1.80 bits per heavy atom. The van der Waals surface area contributed by atoms with Crippen molar-refractivity contribution in [3.63, 3.8) is 0 Å². The third-order valence-corrected chi connectivity index (χ3v) is 10.6. The van der Waals surface area contributed by atoms with Gasteiger partial charge in [0.05, 0.1) is 25.4 Å². The summed E-state index contributed by atoms with van der Waals surface area (Å²) < 4.78 is 4.83. The molecule has 3 N–H and O–H groups in total. The third-order valence-electron chi connectivity index (χ3n) is 10.6. The summed E-state index contributed by atoms with van der Waals surface area (Å²) in [4.78, 5) is 11.7. The highest BCUT2D eigenvalue weighted by molar-refractivity contribution is 5.69. The Morgan fingerprint density at radius 3 is 2.50 bits per heavy atom. The quantitative estimate of drug-likeness (QED) is 0.603. The summed E-state index contributed by atoms with van der Waals surface area (Å²) in [5, 5.41) is 33.1. The molecule has 0 saturated heterocycles. The van der Waals surface area contributed by atoms with Crippen LogP contribution in [0.15, 0.2) is 0 Å². The molecule has 0 aromatic rings. The van der Waals surface area contributed by atoms with Gasteiger partial charge in [0.25, 0.3) is 0 Å². The summed E-state index contributed by atoms with van der Waals surface area (Å²) in [6, 6.07) is 0. The molecule has 4 saturated carbocycles. The number of carbonyl (C=O) groups excluding carboxylic acids is 1. The van der Waals surface area contributed by atoms with Crippen molar-refractivity contribution >= 4 is 5.97 Å². The van der Waals surface area contributed by atoms with E-state index in [1.54, 1.807) is 0 Å². The molecule has 5 nitrogen and oxygen atoms in total. The molecule has 172 valence electrons. The van der Waals surface area contributed by atoms with Gasteiger partial charge in [0.1, 0.15) is 0 Å². The zero-order valence-corrected chi connectivity index (χ0v) is 19.2. The normalized spacial score (nSPS) is 51.4. The van der Waals surface area contributed by atoms with Gasteiger partial charge in [-0.2, -0.15) is 0 Å². The first-order valence-electron chi connectivity index (χ1n) is 12.2. The van der Waals surface area contributed by atoms with Crippen LogP contribution in [-0.2, 0) is 9.53 Å². The van der Waals surface area contributed by atoms with E-state index in [4.69, 9.17) is 4.74 Å². The molecule has 0 radical (unpaired) electrons. The fraction of sp³-hybridized carbons (Fsp3) is 0.960. The van der Waals surface area contributed by atoms with E-state index in [0.29, 0.717) is 36.0 Å². The minimum atomic E-state index is -0.369. The molecule has 0 amide bonds. The predicted molar refractivity (Wildman–Crippen MR) is 114 cm³/mol. The first kappa shape index (κ1) is 22.5. The van der Waals surface area contributed by atoms with Crippen LogP contribution in [0.2, 0.25) is 0 Å². The average molecular weight is 423 g/mol. The fourth-order valence-electron chi connectivity index (χ4n) is 8.78. The summed E-state index contributed by atoms with van der Waals surface area (Å²) in [6.45, 7) is 6.85. The molecule has 4 aliphatic rings. The average Bonchev–Trinajstić information content (AvgIpc) is 3.06. The maximum absolute atomic E-state index is 11.7. The monoisotopic (exact) mass is 422 g/mol. The van der Waals surface area contributed by atoms with Crippen molar-refractivity contribution in [1.29, 1.82) is 0 Å². The number of hydrogen-bond donors (Lipinski definition) is 3. The van der Waals surface area contributed by atoms with Crippen LogP contribution < -0.4 is 0 Å². The molecule has 30 heavy (non-hydrogen) atoms. The van der Waals surface area contributed by atoms with Crippen LogP contribution in [0, 0.1) is 46.3 Å². The van der Waals surface area contributed by atoms with E-state index >= 15 is 0 Å². The number of fused-ring (bicyclic) bond motifs is 5. The number of esters is 1. The number of aliphatic hydroxyl groups excluding tert-OH is 3. The highest BCUT2D eigenvalue weighted by atomic mass is 16.5. The lowest BCUT2D eigenvalue weighted by Gasteiger charge is -2.63. The summed E-state index contributed by atoms with van der Waals surface area (Å²) in [7, 11) is 1.44. The lowest BCUT2D eigenvalue weighted by molar-refractivity contribution is -0.207. The van der Waals surface area contributed by atoms with Crippen LogP contribution in [-0.4, -0.2) is 46.7 Å². The molecule has 5 heteroatoms. The van der Waals surface area contributed by atoms with Crippen molar-refractivity contribution in [2.24, 2.45) is 46.3 Å².